The molecule has 4 aromatic rings. The second kappa shape index (κ2) is 18.3. The number of amides is 2. The summed E-state index contributed by atoms with van der Waals surface area (Å²) in [6.07, 6.45) is 0. The summed E-state index contributed by atoms with van der Waals surface area (Å²) in [6.45, 7) is 0.615. The summed E-state index contributed by atoms with van der Waals surface area (Å²) in [7, 11) is 0. The summed E-state index contributed by atoms with van der Waals surface area (Å²) in [5.74, 6) is -3.23. The Bertz CT molecular complexity index is 1970. The van der Waals surface area contributed by atoms with Crippen molar-refractivity contribution in [2.45, 2.75) is 0 Å². The summed E-state index contributed by atoms with van der Waals surface area (Å²) in [5.41, 5.74) is 2.14. The minimum Gasteiger partial charge on any atom is -0.507 e. The van der Waals surface area contributed by atoms with Gasteiger partial charge in [-0.3, -0.25) is 14.5 Å². The molecule has 15 nitrogen and oxygen atoms in total. The number of benzene rings is 4. The summed E-state index contributed by atoms with van der Waals surface area (Å²) in [5, 5.41) is 60.2. The van der Waals surface area contributed by atoms with E-state index in [2.05, 4.69) is 56.3 Å². The van der Waals surface area contributed by atoms with E-state index < -0.39 is 29.3 Å². The average Bonchev–Trinajstić information content (AvgIpc) is 3.10. The van der Waals surface area contributed by atoms with Gasteiger partial charge in [0.25, 0.3) is 0 Å². The van der Waals surface area contributed by atoms with Crippen LogP contribution in [0.2, 0.25) is 0 Å². The van der Waals surface area contributed by atoms with E-state index in [1.165, 1.54) is 36.4 Å². The summed E-state index contributed by atoms with van der Waals surface area (Å²) < 4.78 is 0. The van der Waals surface area contributed by atoms with Crippen LogP contribution in [-0.4, -0.2) is 86.8 Å². The number of carbonyl (C=O) groups is 4. The number of thiol groups is 2. The van der Waals surface area contributed by atoms with Crippen LogP contribution in [0.3, 0.4) is 0 Å². The van der Waals surface area contributed by atoms with Crippen LogP contribution in [0.1, 0.15) is 20.7 Å². The van der Waals surface area contributed by atoms with E-state index in [1.807, 2.05) is 0 Å². The number of nitrogens with zero attached hydrogens (tertiary/aromatic N) is 5. The first kappa shape index (κ1) is 38.0. The molecule has 0 aliphatic heterocycles. The first-order chi connectivity index (χ1) is 24.5. The van der Waals surface area contributed by atoms with Crippen LogP contribution >= 0.6 is 25.3 Å². The topological polar surface area (TPSA) is 226 Å². The molecule has 0 atom stereocenters. The molecule has 0 aliphatic carbocycles. The maximum Gasteiger partial charge on any atom is 0.339 e. The standard InChI is InChI=1S/C34H33N7O8S2/c42-29-9-6-22(15-26(29)33(46)47)38-37-21-3-1-20(2-4-21)25-8-5-24(40-39-23-7-10-30(43)27(16-23)34(48)49)17-28(25)36-32(45)19-41(12-14-51)18-31(44)35-11-13-50/h1-10,15-17,42-43,50-51H,11-14,18-19H2,(H,35,44)(H,36,45)(H,46,47)(H,48,49). The molecular formula is C34H33N7O8S2. The van der Waals surface area contributed by atoms with E-state index in [-0.39, 0.29) is 41.5 Å². The zero-order valence-corrected chi connectivity index (χ0v) is 28.6. The first-order valence-corrected chi connectivity index (χ1v) is 16.4. The molecule has 0 radical (unpaired) electrons. The lowest BCUT2D eigenvalue weighted by molar-refractivity contribution is -0.123. The normalized spacial score (nSPS) is 11.3. The SMILES string of the molecule is O=C(CN(CCS)CC(=O)Nc1cc(N=Nc2ccc(O)c(C(=O)O)c2)ccc1-c1ccc(N=Nc2ccc(O)c(C(=O)O)c2)cc1)NCCS. The molecule has 4 rings (SSSR count). The average molecular weight is 732 g/mol. The number of aromatic carboxylic acids is 2. The van der Waals surface area contributed by atoms with Gasteiger partial charge >= 0.3 is 11.9 Å². The summed E-state index contributed by atoms with van der Waals surface area (Å²) >= 11 is 8.35. The Labute approximate surface area is 302 Å². The van der Waals surface area contributed by atoms with Crippen molar-refractivity contribution in [2.75, 3.05) is 43.0 Å². The zero-order valence-electron chi connectivity index (χ0n) is 26.8. The number of rotatable bonds is 16. The van der Waals surface area contributed by atoms with Gasteiger partial charge < -0.3 is 31.1 Å². The van der Waals surface area contributed by atoms with Gasteiger partial charge in [0.2, 0.25) is 11.8 Å². The monoisotopic (exact) mass is 731 g/mol. The van der Waals surface area contributed by atoms with Crippen LogP contribution in [0.4, 0.5) is 28.4 Å². The number of hydrogen-bond donors (Lipinski definition) is 8. The lowest BCUT2D eigenvalue weighted by Crippen LogP contribution is -2.42. The predicted molar refractivity (Wildman–Crippen MR) is 196 cm³/mol. The second-order valence-electron chi connectivity index (χ2n) is 10.7. The van der Waals surface area contributed by atoms with Gasteiger partial charge in [-0.05, 0) is 66.2 Å². The van der Waals surface area contributed by atoms with Crippen molar-refractivity contribution in [3.8, 4) is 22.6 Å². The van der Waals surface area contributed by atoms with Gasteiger partial charge in [-0.25, -0.2) is 9.59 Å². The van der Waals surface area contributed by atoms with E-state index in [9.17, 15) is 39.6 Å². The molecule has 0 unspecified atom stereocenters. The van der Waals surface area contributed by atoms with Crippen LogP contribution in [0.25, 0.3) is 11.1 Å². The number of anilines is 1. The third-order valence-electron chi connectivity index (χ3n) is 7.02. The molecule has 0 saturated heterocycles. The van der Waals surface area contributed by atoms with Crippen LogP contribution in [0.15, 0.2) is 99.3 Å². The highest BCUT2D eigenvalue weighted by atomic mass is 32.1. The number of carboxylic acids is 2. The Morgan fingerprint density at radius 2 is 1.12 bits per heavy atom. The number of aromatic hydroxyl groups is 2. The summed E-state index contributed by atoms with van der Waals surface area (Å²) in [6, 6.07) is 19.3. The van der Waals surface area contributed by atoms with Crippen LogP contribution in [0.5, 0.6) is 11.5 Å². The highest BCUT2D eigenvalue weighted by Crippen LogP contribution is 2.34. The quantitative estimate of drug-likeness (QED) is 0.0484. The number of carboxylic acid groups (broad SMARTS) is 2. The van der Waals surface area contributed by atoms with Gasteiger partial charge in [-0.15, -0.1) is 0 Å². The number of hydrogen-bond acceptors (Lipinski definition) is 13. The largest absolute Gasteiger partial charge is 0.507 e. The van der Waals surface area contributed by atoms with Crippen molar-refractivity contribution < 1.29 is 39.6 Å². The van der Waals surface area contributed by atoms with Crippen molar-refractivity contribution in [1.82, 2.24) is 10.2 Å². The molecule has 0 aromatic heterocycles. The maximum absolute atomic E-state index is 13.3. The Kier molecular flexibility index (Phi) is 13.6. The van der Waals surface area contributed by atoms with E-state index >= 15 is 0 Å². The molecule has 264 valence electrons. The Morgan fingerprint density at radius 1 is 0.627 bits per heavy atom. The second-order valence-corrected chi connectivity index (χ2v) is 11.6. The number of azo groups is 2. The minimum absolute atomic E-state index is 0.0222. The molecule has 4 aromatic carbocycles. The summed E-state index contributed by atoms with van der Waals surface area (Å²) in [4.78, 5) is 50.0. The Hall–Kier alpha value is -5.78. The van der Waals surface area contributed by atoms with Crippen molar-refractivity contribution in [3.05, 3.63) is 90.0 Å². The van der Waals surface area contributed by atoms with Crippen LogP contribution in [-0.2, 0) is 9.59 Å². The van der Waals surface area contributed by atoms with Gasteiger partial charge in [0, 0.05) is 30.2 Å². The highest BCUT2D eigenvalue weighted by Gasteiger charge is 2.17. The van der Waals surface area contributed by atoms with E-state index in [4.69, 9.17) is 0 Å². The van der Waals surface area contributed by atoms with Gasteiger partial charge in [0.05, 0.1) is 41.5 Å². The Balaban J connectivity index is 1.62. The van der Waals surface area contributed by atoms with Crippen LogP contribution in [0, 0.1) is 0 Å². The molecule has 2 amide bonds. The molecule has 17 heteroatoms. The molecule has 0 spiro atoms. The molecule has 6 N–H and O–H groups in total. The van der Waals surface area contributed by atoms with Gasteiger partial charge in [-0.1, -0.05) is 18.2 Å². The first-order valence-electron chi connectivity index (χ1n) is 15.2. The zero-order chi connectivity index (χ0) is 36.9. The molecule has 0 bridgehead atoms. The molecule has 0 saturated carbocycles. The smallest absolute Gasteiger partial charge is 0.339 e. The Morgan fingerprint density at radius 3 is 1.65 bits per heavy atom. The lowest BCUT2D eigenvalue weighted by atomic mass is 10.0. The fraction of sp³-hybridized carbons (Fsp3) is 0.176. The number of phenols is 2. The fourth-order valence-electron chi connectivity index (χ4n) is 4.61. The minimum atomic E-state index is -1.33. The van der Waals surface area contributed by atoms with Crippen molar-refractivity contribution in [3.63, 3.8) is 0 Å². The van der Waals surface area contributed by atoms with Crippen molar-refractivity contribution in [1.29, 1.82) is 0 Å². The molecule has 51 heavy (non-hydrogen) atoms. The third-order valence-corrected chi connectivity index (χ3v) is 7.45. The van der Waals surface area contributed by atoms with Crippen molar-refractivity contribution >= 4 is 77.4 Å². The lowest BCUT2D eigenvalue weighted by Gasteiger charge is -2.21. The maximum atomic E-state index is 13.3. The molecule has 0 heterocycles. The number of nitrogens with one attached hydrogen (secondary N) is 2. The van der Waals surface area contributed by atoms with Gasteiger partial charge in [0.1, 0.15) is 22.6 Å². The van der Waals surface area contributed by atoms with Crippen molar-refractivity contribution in [2.24, 2.45) is 20.5 Å². The molecular weight excluding hydrogens is 699 g/mol. The highest BCUT2D eigenvalue weighted by molar-refractivity contribution is 7.80. The van der Waals surface area contributed by atoms with E-state index in [1.54, 1.807) is 47.4 Å². The van der Waals surface area contributed by atoms with Gasteiger partial charge in [-0.2, -0.15) is 45.7 Å². The van der Waals surface area contributed by atoms with E-state index in [0.29, 0.717) is 52.8 Å². The third kappa shape index (κ3) is 11.1. The number of carbonyl (C=O) groups excluding carboxylic acids is 2. The van der Waals surface area contributed by atoms with Crippen LogP contribution < -0.4 is 10.6 Å². The molecule has 0 fully saturated rings. The van der Waals surface area contributed by atoms with Gasteiger partial charge in [0.15, 0.2) is 0 Å². The predicted octanol–water partition coefficient (Wildman–Crippen LogP) is 6.21. The van der Waals surface area contributed by atoms with E-state index in [0.717, 1.165) is 0 Å². The fourth-order valence-corrected chi connectivity index (χ4v) is 5.00. The molecule has 0 aliphatic rings.